The van der Waals surface area contributed by atoms with Crippen molar-refractivity contribution in [2.75, 3.05) is 34.4 Å². The minimum atomic E-state index is -0.839. The summed E-state index contributed by atoms with van der Waals surface area (Å²) in [4.78, 5) is 28.7. The molecule has 0 unspecified atom stereocenters. The number of amides is 1. The van der Waals surface area contributed by atoms with Gasteiger partial charge in [-0.1, -0.05) is 0 Å². The number of anilines is 5. The molecule has 0 radical (unpaired) electrons. The first-order chi connectivity index (χ1) is 17.0. The first-order valence-corrected chi connectivity index (χ1v) is 11.8. The summed E-state index contributed by atoms with van der Waals surface area (Å²) >= 11 is 0. The van der Waals surface area contributed by atoms with E-state index in [9.17, 15) is 4.79 Å². The van der Waals surface area contributed by atoms with Crippen LogP contribution in [0, 0.1) is 0 Å². The quantitative estimate of drug-likeness (QED) is 0.319. The molecule has 1 aliphatic carbocycles. The van der Waals surface area contributed by atoms with Crippen LogP contribution >= 0.6 is 0 Å². The zero-order valence-corrected chi connectivity index (χ0v) is 19.6. The number of carbonyl (C=O) groups is 1. The molecule has 2 fully saturated rings. The van der Waals surface area contributed by atoms with Crippen LogP contribution in [0.15, 0.2) is 36.8 Å². The van der Waals surface area contributed by atoms with E-state index in [4.69, 9.17) is 10.1 Å². The van der Waals surface area contributed by atoms with Gasteiger partial charge in [0.05, 0.1) is 18.1 Å². The number of hydrogen-bond acceptors (Lipinski definition) is 9. The van der Waals surface area contributed by atoms with E-state index in [0.29, 0.717) is 42.3 Å². The second-order valence-electron chi connectivity index (χ2n) is 9.22. The molecule has 1 atom stereocenters. The highest BCUT2D eigenvalue weighted by atomic mass is 16.2. The summed E-state index contributed by atoms with van der Waals surface area (Å²) in [6, 6.07) is 5.91. The number of nitrogens with one attached hydrogen (secondary N) is 4. The first kappa shape index (κ1) is 21.3. The monoisotopic (exact) mass is 473 g/mol. The molecule has 1 amide bonds. The second-order valence-corrected chi connectivity index (χ2v) is 9.22. The Bertz CT molecular complexity index is 1370. The highest BCUT2D eigenvalue weighted by Gasteiger charge is 2.45. The molecule has 1 aliphatic heterocycles. The van der Waals surface area contributed by atoms with Crippen LogP contribution in [0.3, 0.4) is 0 Å². The van der Waals surface area contributed by atoms with Crippen molar-refractivity contribution in [3.63, 3.8) is 0 Å². The third-order valence-electron chi connectivity index (χ3n) is 6.75. The Balaban J connectivity index is 1.29. The summed E-state index contributed by atoms with van der Waals surface area (Å²) in [5, 5.41) is 21.4. The summed E-state index contributed by atoms with van der Waals surface area (Å²) in [6.45, 7) is 2.58. The topological polar surface area (TPSA) is 141 Å². The largest absolute Gasteiger partial charge is 0.372 e. The Morgan fingerprint density at radius 3 is 2.83 bits per heavy atom. The molecular weight excluding hydrogens is 446 g/mol. The molecule has 0 spiro atoms. The third kappa shape index (κ3) is 3.90. The Morgan fingerprint density at radius 1 is 1.23 bits per heavy atom. The molecule has 4 aromatic heterocycles. The Kier molecular flexibility index (Phi) is 5.01. The van der Waals surface area contributed by atoms with Gasteiger partial charge in [-0.3, -0.25) is 9.89 Å². The van der Waals surface area contributed by atoms with E-state index in [1.807, 2.05) is 36.2 Å². The maximum atomic E-state index is 13.4. The zero-order chi connectivity index (χ0) is 24.0. The lowest BCUT2D eigenvalue weighted by Crippen LogP contribution is -2.52. The van der Waals surface area contributed by atoms with Crippen molar-refractivity contribution in [2.24, 2.45) is 0 Å². The van der Waals surface area contributed by atoms with E-state index in [2.05, 4.69) is 36.1 Å². The van der Waals surface area contributed by atoms with E-state index >= 15 is 0 Å². The standard InChI is InChI=1S/C23H27N11O/c1-23(21(35)28-19-13-25-18(24-2)12-26-19)8-4-9-33(23)22-29-20(16-5-3-10-34(16)32-22)27-17-11-15(30-31-17)14-6-7-14/h3,5,10-14H,4,6-9H2,1-2H3,(H,24,25)(H,26,28,35)(H2,27,29,30,31,32)/t23-/m0/s1. The third-order valence-corrected chi connectivity index (χ3v) is 6.75. The molecule has 6 rings (SSSR count). The number of H-pyrrole nitrogens is 1. The van der Waals surface area contributed by atoms with Crippen molar-refractivity contribution in [3.8, 4) is 0 Å². The number of rotatable bonds is 7. The van der Waals surface area contributed by atoms with Crippen molar-refractivity contribution in [2.45, 2.75) is 44.1 Å². The number of carbonyl (C=O) groups excluding carboxylic acids is 1. The van der Waals surface area contributed by atoms with Crippen LogP contribution in [0.4, 0.5) is 29.2 Å². The Labute approximate surface area is 201 Å². The molecule has 0 bridgehead atoms. The summed E-state index contributed by atoms with van der Waals surface area (Å²) in [5.41, 5.74) is 1.07. The minimum absolute atomic E-state index is 0.171. The van der Waals surface area contributed by atoms with Gasteiger partial charge in [0.25, 0.3) is 5.91 Å². The molecule has 2 aliphatic rings. The number of aromatic nitrogens is 7. The Hall–Kier alpha value is -4.22. The van der Waals surface area contributed by atoms with Gasteiger partial charge in [-0.25, -0.2) is 14.5 Å². The summed E-state index contributed by atoms with van der Waals surface area (Å²) in [5.74, 6) is 3.32. The molecule has 0 aromatic carbocycles. The van der Waals surface area contributed by atoms with Gasteiger partial charge in [0.1, 0.15) is 22.7 Å². The molecule has 180 valence electrons. The maximum Gasteiger partial charge on any atom is 0.251 e. The minimum Gasteiger partial charge on any atom is -0.372 e. The lowest BCUT2D eigenvalue weighted by molar-refractivity contribution is -0.120. The Morgan fingerprint density at radius 2 is 2.06 bits per heavy atom. The molecule has 1 saturated carbocycles. The SMILES string of the molecule is CNc1cnc(NC(=O)[C@]2(C)CCCN2c2nc(Nc3cc(C4CC4)n[nH]3)c3cccn3n2)cn1. The highest BCUT2D eigenvalue weighted by Crippen LogP contribution is 2.40. The molecule has 4 aromatic rings. The van der Waals surface area contributed by atoms with E-state index in [-0.39, 0.29) is 5.91 Å². The van der Waals surface area contributed by atoms with E-state index < -0.39 is 5.54 Å². The predicted octanol–water partition coefficient (Wildman–Crippen LogP) is 2.90. The average Bonchev–Trinajstić information content (AvgIpc) is 3.23. The molecule has 4 N–H and O–H groups in total. The van der Waals surface area contributed by atoms with Crippen LogP contribution in [-0.2, 0) is 4.79 Å². The highest BCUT2D eigenvalue weighted by molar-refractivity contribution is 5.99. The second kappa shape index (κ2) is 8.22. The van der Waals surface area contributed by atoms with Gasteiger partial charge < -0.3 is 20.9 Å². The lowest BCUT2D eigenvalue weighted by atomic mass is 9.98. The molecule has 12 nitrogen and oxygen atoms in total. The summed E-state index contributed by atoms with van der Waals surface area (Å²) in [7, 11) is 1.77. The molecule has 1 saturated heterocycles. The van der Waals surface area contributed by atoms with Crippen LogP contribution in [0.25, 0.3) is 5.52 Å². The fraction of sp³-hybridized carbons (Fsp3) is 0.391. The van der Waals surface area contributed by atoms with Gasteiger partial charge in [0, 0.05) is 31.8 Å². The van der Waals surface area contributed by atoms with Gasteiger partial charge in [-0.05, 0) is 44.7 Å². The van der Waals surface area contributed by atoms with Crippen LogP contribution in [0.1, 0.15) is 44.2 Å². The van der Waals surface area contributed by atoms with E-state index in [1.165, 1.54) is 19.0 Å². The van der Waals surface area contributed by atoms with Gasteiger partial charge in [-0.2, -0.15) is 10.1 Å². The molecule has 35 heavy (non-hydrogen) atoms. The summed E-state index contributed by atoms with van der Waals surface area (Å²) < 4.78 is 1.78. The van der Waals surface area contributed by atoms with Crippen molar-refractivity contribution in [3.05, 3.63) is 42.5 Å². The molecule has 12 heteroatoms. The van der Waals surface area contributed by atoms with Crippen molar-refractivity contribution < 1.29 is 4.79 Å². The first-order valence-electron chi connectivity index (χ1n) is 11.8. The normalized spacial score (nSPS) is 19.8. The van der Waals surface area contributed by atoms with E-state index in [1.54, 1.807) is 17.8 Å². The predicted molar refractivity (Wildman–Crippen MR) is 132 cm³/mol. The molecular formula is C23H27N11O. The maximum absolute atomic E-state index is 13.4. The smallest absolute Gasteiger partial charge is 0.251 e. The van der Waals surface area contributed by atoms with Gasteiger partial charge in [0.15, 0.2) is 11.6 Å². The van der Waals surface area contributed by atoms with E-state index in [0.717, 1.165) is 23.4 Å². The van der Waals surface area contributed by atoms with Crippen LogP contribution in [-0.4, -0.2) is 59.8 Å². The van der Waals surface area contributed by atoms with Gasteiger partial charge >= 0.3 is 0 Å². The number of aromatic amines is 1. The van der Waals surface area contributed by atoms with Gasteiger partial charge in [0.2, 0.25) is 5.95 Å². The van der Waals surface area contributed by atoms with Gasteiger partial charge in [-0.15, -0.1) is 5.10 Å². The average molecular weight is 474 g/mol. The lowest BCUT2D eigenvalue weighted by Gasteiger charge is -2.33. The van der Waals surface area contributed by atoms with Crippen LogP contribution in [0.5, 0.6) is 0 Å². The summed E-state index contributed by atoms with van der Waals surface area (Å²) in [6.07, 6.45) is 8.88. The fourth-order valence-corrected chi connectivity index (χ4v) is 4.54. The molecule has 5 heterocycles. The van der Waals surface area contributed by atoms with Crippen molar-refractivity contribution >= 4 is 40.6 Å². The number of nitrogens with zero attached hydrogens (tertiary/aromatic N) is 7. The van der Waals surface area contributed by atoms with Crippen LogP contribution < -0.4 is 20.9 Å². The number of fused-ring (bicyclic) bond motifs is 1. The van der Waals surface area contributed by atoms with Crippen molar-refractivity contribution in [1.29, 1.82) is 0 Å². The van der Waals surface area contributed by atoms with Crippen molar-refractivity contribution in [1.82, 2.24) is 34.8 Å². The number of hydrogen-bond donors (Lipinski definition) is 4. The fourth-order valence-electron chi connectivity index (χ4n) is 4.54. The zero-order valence-electron chi connectivity index (χ0n) is 19.6. The van der Waals surface area contributed by atoms with Crippen LogP contribution in [0.2, 0.25) is 0 Å².